The summed E-state index contributed by atoms with van der Waals surface area (Å²) in [4.78, 5) is 0. The fraction of sp³-hybridized carbons (Fsp3) is 0.500. The third kappa shape index (κ3) is 5.68. The number of benzene rings is 1. The van der Waals surface area contributed by atoms with Crippen molar-refractivity contribution in [3.05, 3.63) is 59.2 Å². The van der Waals surface area contributed by atoms with E-state index in [1.54, 1.807) is 0 Å². The van der Waals surface area contributed by atoms with Crippen molar-refractivity contribution in [1.82, 2.24) is 0 Å². The van der Waals surface area contributed by atoms with Crippen LogP contribution in [0.25, 0.3) is 5.57 Å². The van der Waals surface area contributed by atoms with Gasteiger partial charge in [0, 0.05) is 0 Å². The number of allylic oxidation sites excluding steroid dienone is 4. The molecule has 1 aliphatic carbocycles. The van der Waals surface area contributed by atoms with Gasteiger partial charge in [0.25, 0.3) is 0 Å². The third-order valence-electron chi connectivity index (χ3n) is 5.41. The Morgan fingerprint density at radius 1 is 1.04 bits per heavy atom. The summed E-state index contributed by atoms with van der Waals surface area (Å²) < 4.78 is 0. The van der Waals surface area contributed by atoms with Gasteiger partial charge in [-0.1, -0.05) is 68.3 Å². The first-order valence-electron chi connectivity index (χ1n) is 9.71. The van der Waals surface area contributed by atoms with Crippen LogP contribution in [0.4, 0.5) is 0 Å². The molecule has 0 N–H and O–H groups in total. The van der Waals surface area contributed by atoms with E-state index in [1.165, 1.54) is 58.0 Å². The van der Waals surface area contributed by atoms with E-state index < -0.39 is 0 Å². The van der Waals surface area contributed by atoms with E-state index in [0.29, 0.717) is 11.8 Å². The summed E-state index contributed by atoms with van der Waals surface area (Å²) in [5, 5.41) is 1.31. The molecular formula is C24H35P. The lowest BCUT2D eigenvalue weighted by Crippen LogP contribution is -2.10. The van der Waals surface area contributed by atoms with Crippen molar-refractivity contribution < 1.29 is 0 Å². The van der Waals surface area contributed by atoms with Crippen molar-refractivity contribution in [2.24, 2.45) is 11.8 Å². The summed E-state index contributed by atoms with van der Waals surface area (Å²) >= 11 is 0. The minimum absolute atomic E-state index is 0.581. The van der Waals surface area contributed by atoms with Crippen molar-refractivity contribution in [3.63, 3.8) is 0 Å². The average molecular weight is 355 g/mol. The molecule has 0 nitrogen and oxygen atoms in total. The molecule has 0 bridgehead atoms. The number of aryl methyl sites for hydroxylation is 2. The predicted molar refractivity (Wildman–Crippen MR) is 118 cm³/mol. The summed E-state index contributed by atoms with van der Waals surface area (Å²) in [6, 6.07) is 4.65. The average Bonchev–Trinajstić information content (AvgIpc) is 2.49. The van der Waals surface area contributed by atoms with Crippen LogP contribution < -0.4 is 5.30 Å². The fourth-order valence-corrected chi connectivity index (χ4v) is 4.79. The van der Waals surface area contributed by atoms with Crippen molar-refractivity contribution in [3.8, 4) is 0 Å². The Kier molecular flexibility index (Phi) is 7.26. The molecule has 1 aromatic rings. The van der Waals surface area contributed by atoms with Crippen molar-refractivity contribution in [2.75, 3.05) is 0 Å². The Morgan fingerprint density at radius 2 is 1.76 bits per heavy atom. The standard InChI is InChI=1S/C24H35P/c1-16-11-17(2)13-21(6)24-22(14-18(3)15-23(24)25)10-8-7-9-19(4)20(5)12-16/h12,14-15,17,19H,5-11,13,25H2,1-4H3/b16-12-. The van der Waals surface area contributed by atoms with Crippen molar-refractivity contribution in [1.29, 1.82) is 0 Å². The largest absolute Gasteiger partial charge is 0.105 e. The first-order chi connectivity index (χ1) is 11.8. The molecule has 2 rings (SSSR count). The first kappa shape index (κ1) is 20.2. The lowest BCUT2D eigenvalue weighted by molar-refractivity contribution is 0.561. The normalized spacial score (nSPS) is 25.7. The highest BCUT2D eigenvalue weighted by Crippen LogP contribution is 2.30. The zero-order chi connectivity index (χ0) is 18.6. The second-order valence-electron chi connectivity index (χ2n) is 8.22. The molecule has 1 heteroatoms. The molecule has 136 valence electrons. The van der Waals surface area contributed by atoms with Gasteiger partial charge < -0.3 is 0 Å². The lowest BCUT2D eigenvalue weighted by atomic mass is 9.86. The molecule has 25 heavy (non-hydrogen) atoms. The molecule has 0 saturated heterocycles. The predicted octanol–water partition coefficient (Wildman–Crippen LogP) is 6.79. The summed E-state index contributed by atoms with van der Waals surface area (Å²) in [5.74, 6) is 1.19. The van der Waals surface area contributed by atoms with Crippen molar-refractivity contribution in [2.45, 2.75) is 66.2 Å². The molecule has 0 aliphatic heterocycles. The third-order valence-corrected chi connectivity index (χ3v) is 5.87. The molecule has 0 heterocycles. The number of rotatable bonds is 0. The molecule has 0 amide bonds. The van der Waals surface area contributed by atoms with E-state index in [-0.39, 0.29) is 0 Å². The summed E-state index contributed by atoms with van der Waals surface area (Å²) in [5.41, 5.74) is 8.28. The molecule has 1 aliphatic rings. The highest BCUT2D eigenvalue weighted by atomic mass is 31.0. The Labute approximate surface area is 157 Å². The molecule has 3 atom stereocenters. The zero-order valence-corrected chi connectivity index (χ0v) is 17.8. The van der Waals surface area contributed by atoms with Crippen LogP contribution in [0.3, 0.4) is 0 Å². The van der Waals surface area contributed by atoms with Crippen LogP contribution in [0.15, 0.2) is 42.5 Å². The van der Waals surface area contributed by atoms with E-state index in [2.05, 4.69) is 68.3 Å². The Hall–Kier alpha value is -1.13. The van der Waals surface area contributed by atoms with E-state index in [9.17, 15) is 0 Å². The molecule has 0 saturated carbocycles. The van der Waals surface area contributed by atoms with E-state index in [4.69, 9.17) is 0 Å². The minimum Gasteiger partial charge on any atom is -0.105 e. The van der Waals surface area contributed by atoms with E-state index in [1.807, 2.05) is 0 Å². The van der Waals surface area contributed by atoms with E-state index in [0.717, 1.165) is 19.3 Å². The molecular weight excluding hydrogens is 319 g/mol. The number of fused-ring (bicyclic) bond motifs is 1. The van der Waals surface area contributed by atoms with Crippen LogP contribution in [0.2, 0.25) is 0 Å². The topological polar surface area (TPSA) is 0 Å². The number of hydrogen-bond acceptors (Lipinski definition) is 0. The Morgan fingerprint density at radius 3 is 2.48 bits per heavy atom. The van der Waals surface area contributed by atoms with Gasteiger partial charge in [0.05, 0.1) is 0 Å². The second-order valence-corrected chi connectivity index (χ2v) is 8.84. The van der Waals surface area contributed by atoms with Gasteiger partial charge >= 0.3 is 0 Å². The number of hydrogen-bond donors (Lipinski definition) is 0. The van der Waals surface area contributed by atoms with Gasteiger partial charge in [0.2, 0.25) is 0 Å². The Bertz CT molecular complexity index is 678. The maximum atomic E-state index is 4.47. The van der Waals surface area contributed by atoms with Gasteiger partial charge in [-0.05, 0) is 79.8 Å². The molecule has 0 aromatic heterocycles. The van der Waals surface area contributed by atoms with Crippen molar-refractivity contribution >= 4 is 20.1 Å². The SMILES string of the molecule is C=C1CC(C)C/C(C)=C\C(=C)C(C)CCCCc2cc(C)cc(P)c21. The van der Waals surface area contributed by atoms with Crippen LogP contribution in [0, 0.1) is 18.8 Å². The maximum Gasteiger partial charge on any atom is -0.0126 e. The minimum atomic E-state index is 0.581. The summed E-state index contributed by atoms with van der Waals surface area (Å²) in [7, 11) is 2.94. The monoisotopic (exact) mass is 354 g/mol. The first-order valence-corrected chi connectivity index (χ1v) is 10.3. The van der Waals surface area contributed by atoms with Crippen LogP contribution >= 0.6 is 9.24 Å². The van der Waals surface area contributed by atoms with E-state index >= 15 is 0 Å². The molecule has 1 aromatic carbocycles. The molecule has 0 spiro atoms. The molecule has 0 fully saturated rings. The zero-order valence-electron chi connectivity index (χ0n) is 16.6. The summed E-state index contributed by atoms with van der Waals surface area (Å²) in [6.45, 7) is 17.9. The van der Waals surface area contributed by atoms with Crippen LogP contribution in [0.5, 0.6) is 0 Å². The highest BCUT2D eigenvalue weighted by molar-refractivity contribution is 7.27. The van der Waals surface area contributed by atoms with Crippen LogP contribution in [0.1, 0.15) is 69.6 Å². The molecule has 0 radical (unpaired) electrons. The summed E-state index contributed by atoms with van der Waals surface area (Å²) in [6.07, 6.45) is 9.39. The quantitative estimate of drug-likeness (QED) is 0.450. The second kappa shape index (κ2) is 9.00. The van der Waals surface area contributed by atoms with Gasteiger partial charge in [-0.2, -0.15) is 0 Å². The lowest BCUT2D eigenvalue weighted by Gasteiger charge is -2.21. The van der Waals surface area contributed by atoms with Gasteiger partial charge in [0.1, 0.15) is 0 Å². The fourth-order valence-electron chi connectivity index (χ4n) is 4.13. The smallest absolute Gasteiger partial charge is 0.0126 e. The van der Waals surface area contributed by atoms with Crippen LogP contribution in [-0.4, -0.2) is 0 Å². The highest BCUT2D eigenvalue weighted by Gasteiger charge is 2.15. The van der Waals surface area contributed by atoms with Crippen LogP contribution in [-0.2, 0) is 6.42 Å². The molecule has 3 unspecified atom stereocenters. The Balaban J connectivity index is 2.34. The van der Waals surface area contributed by atoms with Gasteiger partial charge in [-0.25, -0.2) is 0 Å². The van der Waals surface area contributed by atoms with Gasteiger partial charge in [-0.3, -0.25) is 0 Å². The maximum absolute atomic E-state index is 4.47. The van der Waals surface area contributed by atoms with Gasteiger partial charge in [0.15, 0.2) is 0 Å². The van der Waals surface area contributed by atoms with Gasteiger partial charge in [-0.15, -0.1) is 9.24 Å².